The van der Waals surface area contributed by atoms with Crippen LogP contribution in [0.1, 0.15) is 45.0 Å². The fourth-order valence-electron chi connectivity index (χ4n) is 1.97. The number of rotatable bonds is 8. The minimum atomic E-state index is -0.558. The first kappa shape index (κ1) is 14.2. The van der Waals surface area contributed by atoms with Crippen molar-refractivity contribution < 1.29 is 14.6 Å². The Labute approximate surface area is 103 Å². The van der Waals surface area contributed by atoms with Gasteiger partial charge >= 0.3 is 0 Å². The van der Waals surface area contributed by atoms with Crippen molar-refractivity contribution in [2.24, 2.45) is 0 Å². The number of hydrogen-bond donors (Lipinski definition) is 3. The predicted octanol–water partition coefficient (Wildman–Crippen LogP) is 1.84. The Balaban J connectivity index is 2.26. The fraction of sp³-hybridized carbons (Fsp3) is 0.692. The van der Waals surface area contributed by atoms with Gasteiger partial charge in [0.15, 0.2) is 0 Å². The van der Waals surface area contributed by atoms with Crippen LogP contribution < -0.4 is 5.32 Å². The van der Waals surface area contributed by atoms with E-state index in [1.807, 2.05) is 6.92 Å². The van der Waals surface area contributed by atoms with Crippen molar-refractivity contribution in [1.82, 2.24) is 5.32 Å². The summed E-state index contributed by atoms with van der Waals surface area (Å²) in [5.74, 6) is 0.613. The highest BCUT2D eigenvalue weighted by molar-refractivity contribution is 5.02. The molecule has 0 saturated carbocycles. The molecule has 0 aromatic carbocycles. The molecule has 1 heterocycles. The van der Waals surface area contributed by atoms with E-state index in [1.165, 1.54) is 0 Å². The summed E-state index contributed by atoms with van der Waals surface area (Å²) in [6.45, 7) is 4.36. The zero-order valence-corrected chi connectivity index (χ0v) is 10.6. The zero-order chi connectivity index (χ0) is 12.7. The third-order valence-electron chi connectivity index (χ3n) is 2.81. The molecular formula is C13H23NO3. The van der Waals surface area contributed by atoms with Crippen LogP contribution in [0.25, 0.3) is 0 Å². The van der Waals surface area contributed by atoms with Crippen LogP contribution in [0.3, 0.4) is 0 Å². The maximum Gasteiger partial charge on any atom is 0.132 e. The standard InChI is InChI=1S/C13H23NO3/c1-10(5-3-7-15)14-11(2)9-12(16)13-6-4-8-17-13/h4,6,8,10-12,14-16H,3,5,7,9H2,1-2H3. The van der Waals surface area contributed by atoms with E-state index in [1.54, 1.807) is 18.4 Å². The average molecular weight is 241 g/mol. The van der Waals surface area contributed by atoms with Gasteiger partial charge in [-0.1, -0.05) is 0 Å². The van der Waals surface area contributed by atoms with Crippen molar-refractivity contribution in [3.63, 3.8) is 0 Å². The Bertz CT molecular complexity index is 287. The molecule has 17 heavy (non-hydrogen) atoms. The average Bonchev–Trinajstić information content (AvgIpc) is 2.79. The van der Waals surface area contributed by atoms with Gasteiger partial charge in [0.1, 0.15) is 11.9 Å². The summed E-state index contributed by atoms with van der Waals surface area (Å²) in [5.41, 5.74) is 0. The summed E-state index contributed by atoms with van der Waals surface area (Å²) in [5, 5.41) is 22.0. The normalized spacial score (nSPS) is 16.7. The van der Waals surface area contributed by atoms with Crippen LogP contribution in [-0.2, 0) is 0 Å². The smallest absolute Gasteiger partial charge is 0.132 e. The van der Waals surface area contributed by atoms with E-state index >= 15 is 0 Å². The number of aliphatic hydroxyl groups is 2. The maximum absolute atomic E-state index is 9.90. The lowest BCUT2D eigenvalue weighted by Gasteiger charge is -2.21. The first-order valence-corrected chi connectivity index (χ1v) is 6.22. The highest BCUT2D eigenvalue weighted by atomic mass is 16.4. The molecule has 3 unspecified atom stereocenters. The minimum Gasteiger partial charge on any atom is -0.467 e. The van der Waals surface area contributed by atoms with Crippen LogP contribution in [0, 0.1) is 0 Å². The van der Waals surface area contributed by atoms with Gasteiger partial charge in [0.2, 0.25) is 0 Å². The van der Waals surface area contributed by atoms with E-state index in [-0.39, 0.29) is 12.6 Å². The molecule has 98 valence electrons. The molecule has 1 aromatic rings. The Morgan fingerprint density at radius 2 is 2.12 bits per heavy atom. The third kappa shape index (κ3) is 5.35. The summed E-state index contributed by atoms with van der Waals surface area (Å²) in [7, 11) is 0. The van der Waals surface area contributed by atoms with Crippen molar-refractivity contribution in [1.29, 1.82) is 0 Å². The largest absolute Gasteiger partial charge is 0.467 e. The number of nitrogens with one attached hydrogen (secondary N) is 1. The molecule has 4 nitrogen and oxygen atoms in total. The van der Waals surface area contributed by atoms with Crippen LogP contribution in [0.4, 0.5) is 0 Å². The van der Waals surface area contributed by atoms with Gasteiger partial charge in [-0.2, -0.15) is 0 Å². The van der Waals surface area contributed by atoms with Gasteiger partial charge in [-0.05, 0) is 45.2 Å². The molecule has 0 aliphatic heterocycles. The van der Waals surface area contributed by atoms with E-state index in [0.29, 0.717) is 18.2 Å². The molecule has 3 atom stereocenters. The van der Waals surface area contributed by atoms with Crippen molar-refractivity contribution in [2.75, 3.05) is 6.61 Å². The van der Waals surface area contributed by atoms with Crippen LogP contribution in [-0.4, -0.2) is 28.9 Å². The van der Waals surface area contributed by atoms with Gasteiger partial charge in [-0.15, -0.1) is 0 Å². The van der Waals surface area contributed by atoms with Crippen LogP contribution >= 0.6 is 0 Å². The van der Waals surface area contributed by atoms with Gasteiger partial charge in [-0.3, -0.25) is 0 Å². The van der Waals surface area contributed by atoms with Gasteiger partial charge < -0.3 is 19.9 Å². The number of hydrogen-bond acceptors (Lipinski definition) is 4. The summed E-state index contributed by atoms with van der Waals surface area (Å²) in [4.78, 5) is 0. The van der Waals surface area contributed by atoms with E-state index in [2.05, 4.69) is 12.2 Å². The second-order valence-corrected chi connectivity index (χ2v) is 4.60. The Kier molecular flexibility index (Phi) is 6.26. The first-order valence-electron chi connectivity index (χ1n) is 6.22. The number of furan rings is 1. The monoisotopic (exact) mass is 241 g/mol. The van der Waals surface area contributed by atoms with Crippen molar-refractivity contribution in [3.8, 4) is 0 Å². The first-order chi connectivity index (χ1) is 8.13. The lowest BCUT2D eigenvalue weighted by molar-refractivity contribution is 0.126. The lowest BCUT2D eigenvalue weighted by Crippen LogP contribution is -2.35. The molecule has 0 aliphatic carbocycles. The summed E-state index contributed by atoms with van der Waals surface area (Å²) >= 11 is 0. The molecule has 3 N–H and O–H groups in total. The minimum absolute atomic E-state index is 0.212. The quantitative estimate of drug-likeness (QED) is 0.650. The molecule has 0 aliphatic rings. The van der Waals surface area contributed by atoms with Crippen molar-refractivity contribution in [2.45, 2.75) is 51.3 Å². The molecule has 0 bridgehead atoms. The Morgan fingerprint density at radius 3 is 2.71 bits per heavy atom. The Morgan fingerprint density at radius 1 is 1.35 bits per heavy atom. The van der Waals surface area contributed by atoms with E-state index in [0.717, 1.165) is 12.8 Å². The second-order valence-electron chi connectivity index (χ2n) is 4.60. The topological polar surface area (TPSA) is 65.6 Å². The van der Waals surface area contributed by atoms with Crippen LogP contribution in [0.2, 0.25) is 0 Å². The third-order valence-corrected chi connectivity index (χ3v) is 2.81. The summed E-state index contributed by atoms with van der Waals surface area (Å²) in [6, 6.07) is 4.12. The molecular weight excluding hydrogens is 218 g/mol. The number of aliphatic hydroxyl groups excluding tert-OH is 2. The van der Waals surface area contributed by atoms with Gasteiger partial charge in [0.05, 0.1) is 6.26 Å². The lowest BCUT2D eigenvalue weighted by atomic mass is 10.1. The molecule has 1 rings (SSSR count). The zero-order valence-electron chi connectivity index (χ0n) is 10.6. The van der Waals surface area contributed by atoms with E-state index < -0.39 is 6.10 Å². The van der Waals surface area contributed by atoms with Gasteiger partial charge in [0.25, 0.3) is 0 Å². The molecule has 0 saturated heterocycles. The highest BCUT2D eigenvalue weighted by Crippen LogP contribution is 2.18. The molecule has 4 heteroatoms. The highest BCUT2D eigenvalue weighted by Gasteiger charge is 2.15. The van der Waals surface area contributed by atoms with Gasteiger partial charge in [0, 0.05) is 18.7 Å². The summed E-state index contributed by atoms with van der Waals surface area (Å²) in [6.07, 6.45) is 3.38. The maximum atomic E-state index is 9.90. The SMILES string of the molecule is CC(CCCO)NC(C)CC(O)c1ccco1. The molecule has 0 radical (unpaired) electrons. The van der Waals surface area contributed by atoms with Crippen LogP contribution in [0.15, 0.2) is 22.8 Å². The van der Waals surface area contributed by atoms with Crippen LogP contribution in [0.5, 0.6) is 0 Å². The fourth-order valence-corrected chi connectivity index (χ4v) is 1.97. The summed E-state index contributed by atoms with van der Waals surface area (Å²) < 4.78 is 5.16. The van der Waals surface area contributed by atoms with Crippen molar-refractivity contribution >= 4 is 0 Å². The molecule has 0 fully saturated rings. The second kappa shape index (κ2) is 7.48. The van der Waals surface area contributed by atoms with E-state index in [9.17, 15) is 5.11 Å². The van der Waals surface area contributed by atoms with Crippen molar-refractivity contribution in [3.05, 3.63) is 24.2 Å². The molecule has 0 amide bonds. The molecule has 0 spiro atoms. The molecule has 1 aromatic heterocycles. The van der Waals surface area contributed by atoms with Gasteiger partial charge in [-0.25, -0.2) is 0 Å². The van der Waals surface area contributed by atoms with E-state index in [4.69, 9.17) is 9.52 Å². The predicted molar refractivity (Wildman–Crippen MR) is 66.7 cm³/mol. The Hall–Kier alpha value is -0.840.